The van der Waals surface area contributed by atoms with Gasteiger partial charge in [0, 0.05) is 30.3 Å². The summed E-state index contributed by atoms with van der Waals surface area (Å²) in [6.45, 7) is 1.46. The fraction of sp³-hybridized carbons (Fsp3) is 0.462. The fourth-order valence-electron chi connectivity index (χ4n) is 1.76. The van der Waals surface area contributed by atoms with E-state index in [0.717, 1.165) is 0 Å². The zero-order valence-corrected chi connectivity index (χ0v) is 12.7. The Morgan fingerprint density at radius 3 is 2.75 bits per heavy atom. The van der Waals surface area contributed by atoms with Crippen molar-refractivity contribution in [3.05, 3.63) is 16.6 Å². The number of carbonyl (C=O) groups excluding carboxylic acids is 1. The van der Waals surface area contributed by atoms with E-state index >= 15 is 0 Å². The molecule has 1 aromatic carbocycles. The van der Waals surface area contributed by atoms with Crippen LogP contribution in [0.3, 0.4) is 0 Å². The molecule has 1 heterocycles. The van der Waals surface area contributed by atoms with E-state index in [4.69, 9.17) is 19.9 Å². The van der Waals surface area contributed by atoms with Crippen molar-refractivity contribution in [1.29, 1.82) is 0 Å². The van der Waals surface area contributed by atoms with Gasteiger partial charge in [-0.1, -0.05) is 0 Å². The standard InChI is InChI=1S/C13H17BrN2O4/c1-18-3-2-9(15)13(17)16-10-7-12-11(6-8(10)14)19-4-5-20-12/h6-7,9H,2-5,15H2,1H3,(H,16,17). The van der Waals surface area contributed by atoms with Crippen LogP contribution in [-0.2, 0) is 9.53 Å². The SMILES string of the molecule is COCCC(N)C(=O)Nc1cc2c(cc1Br)OCCO2. The van der Waals surface area contributed by atoms with Crippen LogP contribution in [0.15, 0.2) is 16.6 Å². The van der Waals surface area contributed by atoms with Crippen molar-refractivity contribution < 1.29 is 19.0 Å². The second-order valence-corrected chi connectivity index (χ2v) is 5.21. The van der Waals surface area contributed by atoms with E-state index in [1.807, 2.05) is 0 Å². The van der Waals surface area contributed by atoms with Crippen LogP contribution >= 0.6 is 15.9 Å². The van der Waals surface area contributed by atoms with Crippen LogP contribution in [0.4, 0.5) is 5.69 Å². The molecule has 0 fully saturated rings. The van der Waals surface area contributed by atoms with Crippen molar-refractivity contribution in [2.45, 2.75) is 12.5 Å². The Hall–Kier alpha value is -1.31. The third-order valence-electron chi connectivity index (χ3n) is 2.86. The number of hydrogen-bond donors (Lipinski definition) is 2. The number of halogens is 1. The predicted molar refractivity (Wildman–Crippen MR) is 78.2 cm³/mol. The summed E-state index contributed by atoms with van der Waals surface area (Å²) in [6.07, 6.45) is 0.463. The molecule has 0 radical (unpaired) electrons. The number of nitrogens with two attached hydrogens (primary N) is 1. The highest BCUT2D eigenvalue weighted by Crippen LogP contribution is 2.38. The molecule has 0 saturated heterocycles. The van der Waals surface area contributed by atoms with E-state index < -0.39 is 6.04 Å². The summed E-state index contributed by atoms with van der Waals surface area (Å²) in [4.78, 5) is 12.0. The molecule has 110 valence electrons. The number of hydrogen-bond acceptors (Lipinski definition) is 5. The zero-order chi connectivity index (χ0) is 14.5. The molecule has 0 spiro atoms. The smallest absolute Gasteiger partial charge is 0.241 e. The van der Waals surface area contributed by atoms with Crippen LogP contribution in [0.25, 0.3) is 0 Å². The average molecular weight is 345 g/mol. The largest absolute Gasteiger partial charge is 0.486 e. The first-order valence-corrected chi connectivity index (χ1v) is 7.05. The van der Waals surface area contributed by atoms with Crippen LogP contribution < -0.4 is 20.5 Å². The van der Waals surface area contributed by atoms with Gasteiger partial charge in [-0.15, -0.1) is 0 Å². The molecular formula is C13H17BrN2O4. The number of benzene rings is 1. The van der Waals surface area contributed by atoms with E-state index in [9.17, 15) is 4.79 Å². The lowest BCUT2D eigenvalue weighted by Gasteiger charge is -2.20. The lowest BCUT2D eigenvalue weighted by Crippen LogP contribution is -2.36. The van der Waals surface area contributed by atoms with E-state index in [2.05, 4.69) is 21.2 Å². The van der Waals surface area contributed by atoms with Gasteiger partial charge in [0.1, 0.15) is 13.2 Å². The number of amides is 1. The summed E-state index contributed by atoms with van der Waals surface area (Å²) in [6, 6.07) is 2.87. The van der Waals surface area contributed by atoms with Gasteiger partial charge in [0.25, 0.3) is 0 Å². The Labute approximate surface area is 125 Å². The summed E-state index contributed by atoms with van der Waals surface area (Å²) in [5.41, 5.74) is 6.38. The molecule has 1 amide bonds. The lowest BCUT2D eigenvalue weighted by atomic mass is 10.2. The zero-order valence-electron chi connectivity index (χ0n) is 11.1. The Bertz CT molecular complexity index is 496. The summed E-state index contributed by atoms with van der Waals surface area (Å²) < 4.78 is 16.6. The molecule has 1 aromatic rings. The number of nitrogens with one attached hydrogen (secondary N) is 1. The number of anilines is 1. The number of carbonyl (C=O) groups is 1. The summed E-state index contributed by atoms with van der Waals surface area (Å²) in [7, 11) is 1.57. The van der Waals surface area contributed by atoms with Gasteiger partial charge in [0.2, 0.25) is 5.91 Å². The minimum absolute atomic E-state index is 0.264. The van der Waals surface area contributed by atoms with Gasteiger partial charge in [-0.2, -0.15) is 0 Å². The van der Waals surface area contributed by atoms with Crippen molar-refractivity contribution in [1.82, 2.24) is 0 Å². The minimum Gasteiger partial charge on any atom is -0.486 e. The Kier molecular flexibility index (Phi) is 5.22. The summed E-state index contributed by atoms with van der Waals surface area (Å²) in [5.74, 6) is 1.00. The van der Waals surface area contributed by atoms with Gasteiger partial charge < -0.3 is 25.3 Å². The molecule has 20 heavy (non-hydrogen) atoms. The minimum atomic E-state index is -0.616. The molecule has 0 aromatic heterocycles. The number of rotatable bonds is 5. The van der Waals surface area contributed by atoms with E-state index in [-0.39, 0.29) is 5.91 Å². The van der Waals surface area contributed by atoms with E-state index in [0.29, 0.717) is 47.9 Å². The van der Waals surface area contributed by atoms with Crippen molar-refractivity contribution in [3.63, 3.8) is 0 Å². The van der Waals surface area contributed by atoms with Crippen molar-refractivity contribution in [2.75, 3.05) is 32.2 Å². The first-order chi connectivity index (χ1) is 9.61. The van der Waals surface area contributed by atoms with E-state index in [1.54, 1.807) is 19.2 Å². The quantitative estimate of drug-likeness (QED) is 0.846. The lowest BCUT2D eigenvalue weighted by molar-refractivity contribution is -0.117. The highest BCUT2D eigenvalue weighted by atomic mass is 79.9. The Morgan fingerprint density at radius 2 is 2.10 bits per heavy atom. The number of methoxy groups -OCH3 is 1. The molecule has 0 bridgehead atoms. The Balaban J connectivity index is 2.07. The predicted octanol–water partition coefficient (Wildman–Crippen LogP) is 1.52. The molecule has 6 nitrogen and oxygen atoms in total. The molecule has 1 aliphatic rings. The summed E-state index contributed by atoms with van der Waals surface area (Å²) in [5, 5.41) is 2.77. The van der Waals surface area contributed by atoms with E-state index in [1.165, 1.54) is 0 Å². The van der Waals surface area contributed by atoms with Crippen LogP contribution in [-0.4, -0.2) is 38.9 Å². The van der Waals surface area contributed by atoms with Gasteiger partial charge in [-0.3, -0.25) is 4.79 Å². The highest BCUT2D eigenvalue weighted by Gasteiger charge is 2.18. The van der Waals surface area contributed by atoms with Crippen LogP contribution in [0.5, 0.6) is 11.5 Å². The number of ether oxygens (including phenoxy) is 3. The van der Waals surface area contributed by atoms with Gasteiger partial charge in [0.05, 0.1) is 11.7 Å². The van der Waals surface area contributed by atoms with Crippen LogP contribution in [0, 0.1) is 0 Å². The highest BCUT2D eigenvalue weighted by molar-refractivity contribution is 9.10. The first kappa shape index (κ1) is 15.1. The van der Waals surface area contributed by atoms with Gasteiger partial charge in [-0.05, 0) is 22.4 Å². The topological polar surface area (TPSA) is 82.8 Å². The monoisotopic (exact) mass is 344 g/mol. The molecule has 1 aliphatic heterocycles. The van der Waals surface area contributed by atoms with Gasteiger partial charge in [0.15, 0.2) is 11.5 Å². The summed E-state index contributed by atoms with van der Waals surface area (Å²) >= 11 is 3.39. The molecule has 3 N–H and O–H groups in total. The molecule has 0 saturated carbocycles. The van der Waals surface area contributed by atoms with Crippen molar-refractivity contribution >= 4 is 27.5 Å². The molecule has 1 unspecified atom stereocenters. The maximum absolute atomic E-state index is 12.0. The Morgan fingerprint density at radius 1 is 1.45 bits per heavy atom. The molecule has 7 heteroatoms. The second-order valence-electron chi connectivity index (χ2n) is 4.35. The normalized spacial score (nSPS) is 14.8. The molecule has 0 aliphatic carbocycles. The maximum Gasteiger partial charge on any atom is 0.241 e. The number of fused-ring (bicyclic) bond motifs is 1. The van der Waals surface area contributed by atoms with Gasteiger partial charge >= 0.3 is 0 Å². The molecular weight excluding hydrogens is 328 g/mol. The fourth-order valence-corrected chi connectivity index (χ4v) is 2.18. The molecule has 1 atom stereocenters. The van der Waals surface area contributed by atoms with Crippen molar-refractivity contribution in [3.8, 4) is 11.5 Å². The third kappa shape index (κ3) is 3.62. The van der Waals surface area contributed by atoms with Crippen LogP contribution in [0.2, 0.25) is 0 Å². The maximum atomic E-state index is 12.0. The third-order valence-corrected chi connectivity index (χ3v) is 3.52. The van der Waals surface area contributed by atoms with Crippen LogP contribution in [0.1, 0.15) is 6.42 Å². The van der Waals surface area contributed by atoms with Gasteiger partial charge in [-0.25, -0.2) is 0 Å². The first-order valence-electron chi connectivity index (χ1n) is 6.26. The second kappa shape index (κ2) is 6.92. The average Bonchev–Trinajstić information content (AvgIpc) is 2.45. The molecule has 2 rings (SSSR count). The van der Waals surface area contributed by atoms with Crippen molar-refractivity contribution in [2.24, 2.45) is 5.73 Å².